The normalized spacial score (nSPS) is 10.3. The zero-order valence-corrected chi connectivity index (χ0v) is 15.3. The number of carbonyl (C=O) groups is 2. The minimum absolute atomic E-state index is 0.00325. The van der Waals surface area contributed by atoms with Gasteiger partial charge in [-0.05, 0) is 35.9 Å². The van der Waals surface area contributed by atoms with Crippen molar-refractivity contribution in [3.8, 4) is 17.2 Å². The zero-order valence-electron chi connectivity index (χ0n) is 15.3. The number of hydrogen-bond acceptors (Lipinski definition) is 5. The van der Waals surface area contributed by atoms with Crippen LogP contribution in [0.1, 0.15) is 15.9 Å². The molecule has 0 aliphatic rings. The summed E-state index contributed by atoms with van der Waals surface area (Å²) in [5.41, 5.74) is 0.889. The lowest BCUT2D eigenvalue weighted by molar-refractivity contribution is -0.120. The second kappa shape index (κ2) is 10.1. The van der Waals surface area contributed by atoms with Crippen molar-refractivity contribution in [3.63, 3.8) is 0 Å². The number of alkyl halides is 2. The molecule has 0 spiro atoms. The summed E-state index contributed by atoms with van der Waals surface area (Å²) in [6, 6.07) is 10.6. The van der Waals surface area contributed by atoms with E-state index < -0.39 is 18.4 Å². The minimum atomic E-state index is -2.92. The predicted molar refractivity (Wildman–Crippen MR) is 96.8 cm³/mol. The van der Waals surface area contributed by atoms with Crippen molar-refractivity contribution in [2.75, 3.05) is 20.8 Å². The number of ether oxygens (including phenoxy) is 3. The van der Waals surface area contributed by atoms with Crippen LogP contribution in [-0.2, 0) is 11.3 Å². The highest BCUT2D eigenvalue weighted by Crippen LogP contribution is 2.27. The van der Waals surface area contributed by atoms with Crippen LogP contribution in [0.25, 0.3) is 0 Å². The van der Waals surface area contributed by atoms with E-state index in [9.17, 15) is 18.4 Å². The molecule has 0 fully saturated rings. The highest BCUT2D eigenvalue weighted by Gasteiger charge is 2.12. The molecule has 2 N–H and O–H groups in total. The van der Waals surface area contributed by atoms with Crippen LogP contribution >= 0.6 is 0 Å². The quantitative estimate of drug-likeness (QED) is 0.682. The number of amides is 2. The Labute approximate surface area is 160 Å². The molecule has 0 aliphatic heterocycles. The highest BCUT2D eigenvalue weighted by molar-refractivity contribution is 5.97. The third kappa shape index (κ3) is 6.11. The van der Waals surface area contributed by atoms with Crippen LogP contribution in [0.5, 0.6) is 17.2 Å². The van der Waals surface area contributed by atoms with Crippen LogP contribution in [0.15, 0.2) is 42.5 Å². The van der Waals surface area contributed by atoms with E-state index in [1.807, 2.05) is 0 Å². The summed E-state index contributed by atoms with van der Waals surface area (Å²) < 4.78 is 39.0. The summed E-state index contributed by atoms with van der Waals surface area (Å²) in [6.45, 7) is -3.07. The molecule has 2 aromatic rings. The standard InChI is InChI=1S/C19H20F2N2O5/c1-26-15-7-6-13(9-16(15)27-2)18(25)23-11-17(24)22-10-12-4-3-5-14(8-12)28-19(20)21/h3-9,19H,10-11H2,1-2H3,(H,22,24)(H,23,25). The molecule has 0 bridgehead atoms. The Hall–Kier alpha value is -3.36. The number of benzene rings is 2. The van der Waals surface area contributed by atoms with Gasteiger partial charge in [-0.15, -0.1) is 0 Å². The Balaban J connectivity index is 1.85. The van der Waals surface area contributed by atoms with Crippen LogP contribution in [0.2, 0.25) is 0 Å². The summed E-state index contributed by atoms with van der Waals surface area (Å²) in [6.07, 6.45) is 0. The number of hydrogen-bond donors (Lipinski definition) is 2. The van der Waals surface area contributed by atoms with E-state index in [2.05, 4.69) is 15.4 Å². The number of nitrogens with one attached hydrogen (secondary N) is 2. The van der Waals surface area contributed by atoms with Gasteiger partial charge in [0, 0.05) is 12.1 Å². The molecule has 9 heteroatoms. The summed E-state index contributed by atoms with van der Waals surface area (Å²) in [4.78, 5) is 24.1. The van der Waals surface area contributed by atoms with Crippen LogP contribution < -0.4 is 24.8 Å². The van der Waals surface area contributed by atoms with Gasteiger partial charge >= 0.3 is 6.61 Å². The van der Waals surface area contributed by atoms with Gasteiger partial charge in [0.1, 0.15) is 5.75 Å². The SMILES string of the molecule is COc1ccc(C(=O)NCC(=O)NCc2cccc(OC(F)F)c2)cc1OC. The maximum atomic E-state index is 12.2. The molecule has 0 atom stereocenters. The maximum Gasteiger partial charge on any atom is 0.387 e. The molecule has 0 aliphatic carbocycles. The van der Waals surface area contributed by atoms with Crippen molar-refractivity contribution in [3.05, 3.63) is 53.6 Å². The second-order valence-electron chi connectivity index (χ2n) is 5.56. The van der Waals surface area contributed by atoms with Crippen molar-refractivity contribution >= 4 is 11.8 Å². The molecule has 0 saturated carbocycles. The smallest absolute Gasteiger partial charge is 0.387 e. The van der Waals surface area contributed by atoms with Crippen LogP contribution in [0.3, 0.4) is 0 Å². The van der Waals surface area contributed by atoms with Gasteiger partial charge in [-0.1, -0.05) is 12.1 Å². The lowest BCUT2D eigenvalue weighted by Crippen LogP contribution is -2.36. The molecule has 2 aromatic carbocycles. The summed E-state index contributed by atoms with van der Waals surface area (Å²) in [5, 5.41) is 5.08. The summed E-state index contributed by atoms with van der Waals surface area (Å²) in [7, 11) is 2.94. The van der Waals surface area contributed by atoms with Gasteiger partial charge in [0.15, 0.2) is 11.5 Å². The molecule has 7 nitrogen and oxygen atoms in total. The molecule has 0 saturated heterocycles. The van der Waals surface area contributed by atoms with Crippen molar-refractivity contribution in [1.29, 1.82) is 0 Å². The third-order valence-electron chi connectivity index (χ3n) is 3.67. The Kier molecular flexibility index (Phi) is 7.55. The highest BCUT2D eigenvalue weighted by atomic mass is 19.3. The fraction of sp³-hybridized carbons (Fsp3) is 0.263. The van der Waals surface area contributed by atoms with Gasteiger partial charge < -0.3 is 24.8 Å². The van der Waals surface area contributed by atoms with E-state index in [1.165, 1.54) is 38.5 Å². The van der Waals surface area contributed by atoms with Gasteiger partial charge in [0.05, 0.1) is 20.8 Å². The molecule has 0 radical (unpaired) electrons. The van der Waals surface area contributed by atoms with E-state index in [0.717, 1.165) is 0 Å². The van der Waals surface area contributed by atoms with Gasteiger partial charge in [0.25, 0.3) is 5.91 Å². The fourth-order valence-corrected chi connectivity index (χ4v) is 2.33. The van der Waals surface area contributed by atoms with Crippen molar-refractivity contribution in [2.45, 2.75) is 13.2 Å². The first-order chi connectivity index (χ1) is 13.4. The minimum Gasteiger partial charge on any atom is -0.493 e. The van der Waals surface area contributed by atoms with Gasteiger partial charge in [-0.25, -0.2) is 0 Å². The monoisotopic (exact) mass is 394 g/mol. The average molecular weight is 394 g/mol. The van der Waals surface area contributed by atoms with Gasteiger partial charge in [-0.3, -0.25) is 9.59 Å². The Bertz CT molecular complexity index is 830. The number of rotatable bonds is 9. The Morgan fingerprint density at radius 1 is 1.00 bits per heavy atom. The number of methoxy groups -OCH3 is 2. The first-order valence-electron chi connectivity index (χ1n) is 8.23. The van der Waals surface area contributed by atoms with Crippen molar-refractivity contribution in [2.24, 2.45) is 0 Å². The topological polar surface area (TPSA) is 85.9 Å². The Morgan fingerprint density at radius 3 is 2.43 bits per heavy atom. The summed E-state index contributed by atoms with van der Waals surface area (Å²) >= 11 is 0. The third-order valence-corrected chi connectivity index (χ3v) is 3.67. The van der Waals surface area contributed by atoms with Crippen LogP contribution in [0, 0.1) is 0 Å². The van der Waals surface area contributed by atoms with E-state index in [1.54, 1.807) is 18.2 Å². The molecule has 2 rings (SSSR count). The molecule has 150 valence electrons. The number of halogens is 2. The van der Waals surface area contributed by atoms with Gasteiger partial charge in [0.2, 0.25) is 5.91 Å². The molecular weight excluding hydrogens is 374 g/mol. The predicted octanol–water partition coefficient (Wildman–Crippen LogP) is 2.35. The van der Waals surface area contributed by atoms with E-state index in [0.29, 0.717) is 22.6 Å². The second-order valence-corrected chi connectivity index (χ2v) is 5.56. The molecule has 28 heavy (non-hydrogen) atoms. The van der Waals surface area contributed by atoms with Gasteiger partial charge in [-0.2, -0.15) is 8.78 Å². The Morgan fingerprint density at radius 2 is 1.75 bits per heavy atom. The largest absolute Gasteiger partial charge is 0.493 e. The van der Waals surface area contributed by atoms with E-state index in [-0.39, 0.29) is 18.8 Å². The lowest BCUT2D eigenvalue weighted by atomic mass is 10.2. The first kappa shape index (κ1) is 20.9. The van der Waals surface area contributed by atoms with E-state index in [4.69, 9.17) is 9.47 Å². The van der Waals surface area contributed by atoms with Crippen LogP contribution in [-0.4, -0.2) is 39.2 Å². The molecule has 0 aromatic heterocycles. The van der Waals surface area contributed by atoms with Crippen molar-refractivity contribution in [1.82, 2.24) is 10.6 Å². The van der Waals surface area contributed by atoms with Crippen molar-refractivity contribution < 1.29 is 32.6 Å². The molecule has 0 heterocycles. The first-order valence-corrected chi connectivity index (χ1v) is 8.23. The van der Waals surface area contributed by atoms with E-state index >= 15 is 0 Å². The maximum absolute atomic E-state index is 12.2. The molecular formula is C19H20F2N2O5. The number of carbonyl (C=O) groups excluding carboxylic acids is 2. The average Bonchev–Trinajstić information content (AvgIpc) is 2.69. The zero-order chi connectivity index (χ0) is 20.5. The molecule has 0 unspecified atom stereocenters. The van der Waals surface area contributed by atoms with Crippen LogP contribution in [0.4, 0.5) is 8.78 Å². The molecule has 2 amide bonds. The lowest BCUT2D eigenvalue weighted by Gasteiger charge is -2.11. The fourth-order valence-electron chi connectivity index (χ4n) is 2.33. The summed E-state index contributed by atoms with van der Waals surface area (Å²) in [5.74, 6) is -0.0127.